The summed E-state index contributed by atoms with van der Waals surface area (Å²) in [6, 6.07) is 13.4. The third kappa shape index (κ3) is 7.36. The first-order valence-corrected chi connectivity index (χ1v) is 12.3. The van der Waals surface area contributed by atoms with Crippen LogP contribution >= 0.6 is 0 Å². The molecule has 0 aliphatic heterocycles. The van der Waals surface area contributed by atoms with Crippen LogP contribution in [0.5, 0.6) is 0 Å². The molecule has 186 valence electrons. The number of carboxylic acids is 1. The van der Waals surface area contributed by atoms with Gasteiger partial charge in [0.15, 0.2) is 0 Å². The molecule has 2 aromatic carbocycles. The number of halogens is 1. The topological polar surface area (TPSA) is 78.8 Å². The summed E-state index contributed by atoms with van der Waals surface area (Å²) >= 11 is 0. The van der Waals surface area contributed by atoms with Crippen molar-refractivity contribution in [3.8, 4) is 0 Å². The number of aliphatic carboxylic acids is 1. The number of aliphatic hydroxyl groups excluding tert-OH is 1. The average molecular weight is 472 g/mol. The Labute approximate surface area is 202 Å². The van der Waals surface area contributed by atoms with Crippen molar-refractivity contribution in [1.82, 2.24) is 5.32 Å². The van der Waals surface area contributed by atoms with Crippen LogP contribution in [0.1, 0.15) is 68.4 Å². The van der Waals surface area contributed by atoms with Gasteiger partial charge < -0.3 is 20.3 Å². The fourth-order valence-corrected chi connectivity index (χ4v) is 5.07. The lowest BCUT2D eigenvalue weighted by atomic mass is 9.88. The van der Waals surface area contributed by atoms with E-state index in [1.54, 1.807) is 12.1 Å². The summed E-state index contributed by atoms with van der Waals surface area (Å²) in [5, 5.41) is 23.1. The van der Waals surface area contributed by atoms with Gasteiger partial charge >= 0.3 is 5.97 Å². The fraction of sp³-hybridized carbons (Fsp3) is 0.536. The SMILES string of the molecule is CC[C@@H](OC[C@H](O)CNC(C)(C)CC1Cc2ccccc2C1)c1cccc(F)c1CCC(=O)O. The molecule has 0 spiro atoms. The van der Waals surface area contributed by atoms with Gasteiger partial charge in [0.25, 0.3) is 0 Å². The summed E-state index contributed by atoms with van der Waals surface area (Å²) in [5.74, 6) is -0.789. The highest BCUT2D eigenvalue weighted by Gasteiger charge is 2.28. The van der Waals surface area contributed by atoms with Crippen LogP contribution in [0.3, 0.4) is 0 Å². The molecule has 3 N–H and O–H groups in total. The lowest BCUT2D eigenvalue weighted by Crippen LogP contribution is -2.45. The summed E-state index contributed by atoms with van der Waals surface area (Å²) in [7, 11) is 0. The second-order valence-corrected chi connectivity index (χ2v) is 10.1. The minimum atomic E-state index is -0.964. The summed E-state index contributed by atoms with van der Waals surface area (Å²) in [4.78, 5) is 11.0. The predicted molar refractivity (Wildman–Crippen MR) is 131 cm³/mol. The molecule has 1 aliphatic rings. The maximum absolute atomic E-state index is 14.4. The highest BCUT2D eigenvalue weighted by Crippen LogP contribution is 2.32. The van der Waals surface area contributed by atoms with Gasteiger partial charge in [-0.15, -0.1) is 0 Å². The van der Waals surface area contributed by atoms with E-state index in [9.17, 15) is 14.3 Å². The first-order valence-electron chi connectivity index (χ1n) is 12.3. The van der Waals surface area contributed by atoms with Crippen molar-refractivity contribution in [2.45, 2.75) is 77.0 Å². The number of benzene rings is 2. The number of fused-ring (bicyclic) bond motifs is 1. The molecule has 34 heavy (non-hydrogen) atoms. The third-order valence-electron chi connectivity index (χ3n) is 6.70. The second kappa shape index (κ2) is 11.9. The Morgan fingerprint density at radius 3 is 2.47 bits per heavy atom. The van der Waals surface area contributed by atoms with Crippen molar-refractivity contribution >= 4 is 5.97 Å². The van der Waals surface area contributed by atoms with Gasteiger partial charge in [0, 0.05) is 18.5 Å². The summed E-state index contributed by atoms with van der Waals surface area (Å²) in [5.41, 5.74) is 3.81. The van der Waals surface area contributed by atoms with Crippen LogP contribution in [-0.2, 0) is 28.8 Å². The molecule has 0 unspecified atom stereocenters. The van der Waals surface area contributed by atoms with Crippen LogP contribution in [0, 0.1) is 11.7 Å². The van der Waals surface area contributed by atoms with Crippen LogP contribution in [-0.4, -0.2) is 41.0 Å². The molecule has 0 saturated heterocycles. The monoisotopic (exact) mass is 471 g/mol. The van der Waals surface area contributed by atoms with Crippen LogP contribution < -0.4 is 5.32 Å². The molecule has 2 aromatic rings. The average Bonchev–Trinajstić information content (AvgIpc) is 3.19. The molecule has 6 heteroatoms. The van der Waals surface area contributed by atoms with E-state index in [0.717, 1.165) is 19.3 Å². The van der Waals surface area contributed by atoms with E-state index in [4.69, 9.17) is 9.84 Å². The molecule has 0 heterocycles. The minimum Gasteiger partial charge on any atom is -0.481 e. The zero-order valence-electron chi connectivity index (χ0n) is 20.5. The van der Waals surface area contributed by atoms with Gasteiger partial charge in [-0.3, -0.25) is 4.79 Å². The van der Waals surface area contributed by atoms with Gasteiger partial charge in [0.2, 0.25) is 0 Å². The molecule has 1 aliphatic carbocycles. The highest BCUT2D eigenvalue weighted by molar-refractivity contribution is 5.67. The van der Waals surface area contributed by atoms with Crippen LogP contribution in [0.25, 0.3) is 0 Å². The molecule has 0 aromatic heterocycles. The number of aliphatic hydroxyl groups is 1. The number of hydrogen-bond acceptors (Lipinski definition) is 4. The van der Waals surface area contributed by atoms with Crippen molar-refractivity contribution in [1.29, 1.82) is 0 Å². The van der Waals surface area contributed by atoms with E-state index in [-0.39, 0.29) is 25.0 Å². The van der Waals surface area contributed by atoms with Crippen molar-refractivity contribution in [3.05, 3.63) is 70.5 Å². The van der Waals surface area contributed by atoms with Gasteiger partial charge in [-0.2, -0.15) is 0 Å². The number of nitrogens with one attached hydrogen (secondary N) is 1. The fourth-order valence-electron chi connectivity index (χ4n) is 5.07. The van der Waals surface area contributed by atoms with Crippen molar-refractivity contribution < 1.29 is 24.1 Å². The third-order valence-corrected chi connectivity index (χ3v) is 6.70. The minimum absolute atomic E-state index is 0.112. The second-order valence-electron chi connectivity index (χ2n) is 10.1. The zero-order chi connectivity index (χ0) is 24.7. The van der Waals surface area contributed by atoms with Gasteiger partial charge in [-0.05, 0) is 80.2 Å². The first-order chi connectivity index (χ1) is 16.2. The maximum Gasteiger partial charge on any atom is 0.303 e. The molecule has 5 nitrogen and oxygen atoms in total. The van der Waals surface area contributed by atoms with E-state index < -0.39 is 24.0 Å². The Morgan fingerprint density at radius 2 is 1.85 bits per heavy atom. The van der Waals surface area contributed by atoms with Gasteiger partial charge in [0.1, 0.15) is 5.82 Å². The lowest BCUT2D eigenvalue weighted by molar-refractivity contribution is -0.136. The lowest BCUT2D eigenvalue weighted by Gasteiger charge is -2.31. The van der Waals surface area contributed by atoms with E-state index in [0.29, 0.717) is 30.0 Å². The number of carbonyl (C=O) groups is 1. The molecule has 0 bridgehead atoms. The number of β-amino-alcohol motifs (C(OH)–C–C–N with tert-alkyl or cyclic N) is 1. The number of carboxylic acid groups (broad SMARTS) is 1. The smallest absolute Gasteiger partial charge is 0.303 e. The van der Waals surface area contributed by atoms with Gasteiger partial charge in [-0.25, -0.2) is 4.39 Å². The van der Waals surface area contributed by atoms with Crippen molar-refractivity contribution in [2.24, 2.45) is 5.92 Å². The first kappa shape index (κ1) is 26.3. The Kier molecular flexibility index (Phi) is 9.23. The van der Waals surface area contributed by atoms with E-state index in [2.05, 4.69) is 43.4 Å². The van der Waals surface area contributed by atoms with Gasteiger partial charge in [0.05, 0.1) is 18.8 Å². The molecular formula is C28H38FNO4. The Morgan fingerprint density at radius 1 is 1.18 bits per heavy atom. The van der Waals surface area contributed by atoms with Crippen molar-refractivity contribution in [2.75, 3.05) is 13.2 Å². The van der Waals surface area contributed by atoms with Crippen LogP contribution in [0.4, 0.5) is 4.39 Å². The number of ether oxygens (including phenoxy) is 1. The molecular weight excluding hydrogens is 433 g/mol. The molecule has 2 atom stereocenters. The molecule has 0 amide bonds. The number of hydrogen-bond donors (Lipinski definition) is 3. The summed E-state index contributed by atoms with van der Waals surface area (Å²) < 4.78 is 20.4. The van der Waals surface area contributed by atoms with Crippen LogP contribution in [0.15, 0.2) is 42.5 Å². The summed E-state index contributed by atoms with van der Waals surface area (Å²) in [6.07, 6.45) is 2.68. The summed E-state index contributed by atoms with van der Waals surface area (Å²) in [6.45, 7) is 6.78. The maximum atomic E-state index is 14.4. The Hall–Kier alpha value is -2.28. The predicted octanol–water partition coefficient (Wildman–Crippen LogP) is 4.84. The molecule has 0 fully saturated rings. The van der Waals surface area contributed by atoms with E-state index >= 15 is 0 Å². The van der Waals surface area contributed by atoms with Crippen molar-refractivity contribution in [3.63, 3.8) is 0 Å². The molecule has 0 saturated carbocycles. The quantitative estimate of drug-likeness (QED) is 0.389. The molecule has 0 radical (unpaired) electrons. The highest BCUT2D eigenvalue weighted by atomic mass is 19.1. The van der Waals surface area contributed by atoms with Crippen LogP contribution in [0.2, 0.25) is 0 Å². The normalized spacial score (nSPS) is 15.8. The largest absolute Gasteiger partial charge is 0.481 e. The van der Waals surface area contributed by atoms with Gasteiger partial charge in [-0.1, -0.05) is 43.3 Å². The van der Waals surface area contributed by atoms with E-state index in [1.165, 1.54) is 17.2 Å². The number of rotatable bonds is 13. The van der Waals surface area contributed by atoms with E-state index in [1.807, 2.05) is 6.92 Å². The standard InChI is InChI=1S/C28H38FNO4/c1-4-26(24-10-7-11-25(29)23(24)12-13-27(32)33)34-18-22(31)17-30-28(2,3)16-19-14-20-8-5-6-9-21(20)15-19/h5-11,19,22,26,30-31H,4,12-18H2,1-3H3,(H,32,33)/t22-,26-/m1/s1. The Bertz CT molecular complexity index is 936. The Balaban J connectivity index is 1.49. The zero-order valence-corrected chi connectivity index (χ0v) is 20.5. The molecule has 3 rings (SSSR count).